The second kappa shape index (κ2) is 7.73. The van der Waals surface area contributed by atoms with Gasteiger partial charge in [0.25, 0.3) is 0 Å². The molecule has 162 valence electrons. The van der Waals surface area contributed by atoms with Gasteiger partial charge in [-0.05, 0) is 51.5 Å². The number of rotatable bonds is 6. The van der Waals surface area contributed by atoms with E-state index in [4.69, 9.17) is 10.5 Å². The Morgan fingerprint density at radius 2 is 1.87 bits per heavy atom. The summed E-state index contributed by atoms with van der Waals surface area (Å²) in [5.74, 6) is -0.381. The Kier molecular flexibility index (Phi) is 5.22. The highest BCUT2D eigenvalue weighted by molar-refractivity contribution is 5.66. The molecule has 0 aliphatic rings. The van der Waals surface area contributed by atoms with Crippen LogP contribution >= 0.6 is 0 Å². The zero-order chi connectivity index (χ0) is 22.3. The lowest BCUT2D eigenvalue weighted by Gasteiger charge is -2.17. The Hall–Kier alpha value is -3.33. The van der Waals surface area contributed by atoms with E-state index < -0.39 is 17.2 Å². The van der Waals surface area contributed by atoms with Gasteiger partial charge in [0.15, 0.2) is 17.2 Å². The summed E-state index contributed by atoms with van der Waals surface area (Å²) in [6.45, 7) is 7.84. The van der Waals surface area contributed by atoms with E-state index in [1.165, 1.54) is 18.2 Å². The summed E-state index contributed by atoms with van der Waals surface area (Å²) in [5, 5.41) is 4.55. The Bertz CT molecular complexity index is 1230. The van der Waals surface area contributed by atoms with Gasteiger partial charge in [-0.25, -0.2) is 18.7 Å². The summed E-state index contributed by atoms with van der Waals surface area (Å²) in [6, 6.07) is 5.51. The number of ether oxygens (including phenoxy) is 1. The first-order valence-electron chi connectivity index (χ1n) is 9.86. The van der Waals surface area contributed by atoms with E-state index in [0.29, 0.717) is 35.2 Å². The van der Waals surface area contributed by atoms with Crippen LogP contribution in [0.1, 0.15) is 30.7 Å². The topological polar surface area (TPSA) is 83.3 Å². The van der Waals surface area contributed by atoms with Gasteiger partial charge in [-0.1, -0.05) is 6.07 Å². The summed E-state index contributed by atoms with van der Waals surface area (Å²) >= 11 is 0. The summed E-state index contributed by atoms with van der Waals surface area (Å²) < 4.78 is 37.3. The van der Waals surface area contributed by atoms with Gasteiger partial charge < -0.3 is 10.5 Å². The average Bonchev–Trinajstić information content (AvgIpc) is 3.22. The molecule has 0 unspecified atom stereocenters. The number of nitrogens with two attached hydrogens (primary N) is 1. The van der Waals surface area contributed by atoms with Crippen molar-refractivity contribution in [2.45, 2.75) is 46.4 Å². The lowest BCUT2D eigenvalue weighted by atomic mass is 10.1. The van der Waals surface area contributed by atoms with Crippen molar-refractivity contribution in [3.8, 4) is 17.3 Å². The third kappa shape index (κ3) is 4.27. The molecule has 0 amide bonds. The monoisotopic (exact) mass is 426 g/mol. The number of pyridine rings is 1. The molecule has 3 aromatic heterocycles. The summed E-state index contributed by atoms with van der Waals surface area (Å²) in [6.07, 6.45) is 3.53. The molecule has 0 radical (unpaired) electrons. The highest BCUT2D eigenvalue weighted by atomic mass is 19.1. The number of hydrogen-bond donors (Lipinski definition) is 1. The quantitative estimate of drug-likeness (QED) is 0.507. The highest BCUT2D eigenvalue weighted by Crippen LogP contribution is 2.29. The second-order valence-corrected chi connectivity index (χ2v) is 8.36. The predicted octanol–water partition coefficient (Wildman–Crippen LogP) is 3.80. The Morgan fingerprint density at radius 1 is 1.16 bits per heavy atom. The van der Waals surface area contributed by atoms with Crippen LogP contribution in [-0.2, 0) is 13.2 Å². The van der Waals surface area contributed by atoms with E-state index >= 15 is 0 Å². The molecule has 0 saturated heterocycles. The zero-order valence-corrected chi connectivity index (χ0v) is 17.9. The lowest BCUT2D eigenvalue weighted by Crippen LogP contribution is -2.37. The summed E-state index contributed by atoms with van der Waals surface area (Å²) in [5.41, 5.74) is 8.35. The van der Waals surface area contributed by atoms with Crippen molar-refractivity contribution in [2.75, 3.05) is 0 Å². The number of fused-ring (bicyclic) bond motifs is 1. The summed E-state index contributed by atoms with van der Waals surface area (Å²) in [7, 11) is 0. The molecule has 0 saturated carbocycles. The fourth-order valence-electron chi connectivity index (χ4n) is 3.45. The SMILES string of the molecule is Cc1cc(OCc2c(F)cccc2F)c2nc(C)c(-c3ncn(CC(C)(C)N)n3)n2c1. The number of imidazole rings is 1. The van der Waals surface area contributed by atoms with Crippen LogP contribution in [0.25, 0.3) is 17.2 Å². The van der Waals surface area contributed by atoms with Crippen LogP contribution in [-0.4, -0.2) is 29.7 Å². The minimum absolute atomic E-state index is 0.129. The highest BCUT2D eigenvalue weighted by Gasteiger charge is 2.20. The lowest BCUT2D eigenvalue weighted by molar-refractivity contribution is 0.294. The van der Waals surface area contributed by atoms with E-state index in [-0.39, 0.29) is 12.2 Å². The number of hydrogen-bond acceptors (Lipinski definition) is 5. The van der Waals surface area contributed by atoms with Gasteiger partial charge in [-0.15, -0.1) is 5.10 Å². The maximum Gasteiger partial charge on any atom is 0.200 e. The molecular weight excluding hydrogens is 402 g/mol. The van der Waals surface area contributed by atoms with Crippen LogP contribution in [0.5, 0.6) is 5.75 Å². The van der Waals surface area contributed by atoms with Crippen molar-refractivity contribution in [1.82, 2.24) is 24.1 Å². The van der Waals surface area contributed by atoms with Crippen LogP contribution in [0.4, 0.5) is 8.78 Å². The first kappa shape index (κ1) is 20.9. The molecule has 0 spiro atoms. The molecule has 3 heterocycles. The number of nitrogens with zero attached hydrogens (tertiary/aromatic N) is 5. The molecular formula is C22H24F2N6O. The smallest absolute Gasteiger partial charge is 0.200 e. The van der Waals surface area contributed by atoms with Crippen LogP contribution in [0.15, 0.2) is 36.8 Å². The number of benzene rings is 1. The van der Waals surface area contributed by atoms with Crippen LogP contribution < -0.4 is 10.5 Å². The molecule has 1 aromatic carbocycles. The second-order valence-electron chi connectivity index (χ2n) is 8.36. The van der Waals surface area contributed by atoms with E-state index in [1.54, 1.807) is 17.1 Å². The van der Waals surface area contributed by atoms with Gasteiger partial charge in [0.2, 0.25) is 0 Å². The molecule has 0 bridgehead atoms. The van der Waals surface area contributed by atoms with E-state index in [1.807, 2.05) is 38.3 Å². The minimum atomic E-state index is -0.651. The van der Waals surface area contributed by atoms with Crippen LogP contribution in [0, 0.1) is 25.5 Å². The van der Waals surface area contributed by atoms with Crippen molar-refractivity contribution in [1.29, 1.82) is 0 Å². The molecule has 0 fully saturated rings. The van der Waals surface area contributed by atoms with E-state index in [9.17, 15) is 8.78 Å². The molecule has 4 rings (SSSR count). The number of halogens is 2. The number of aromatic nitrogens is 5. The van der Waals surface area contributed by atoms with Gasteiger partial charge in [-0.3, -0.25) is 9.08 Å². The third-order valence-electron chi connectivity index (χ3n) is 4.75. The minimum Gasteiger partial charge on any atom is -0.485 e. The van der Waals surface area contributed by atoms with Crippen LogP contribution in [0.2, 0.25) is 0 Å². The fourth-order valence-corrected chi connectivity index (χ4v) is 3.45. The molecule has 0 aliphatic carbocycles. The van der Waals surface area contributed by atoms with Gasteiger partial charge in [0.1, 0.15) is 30.3 Å². The van der Waals surface area contributed by atoms with Crippen molar-refractivity contribution in [2.24, 2.45) is 5.73 Å². The maximum atomic E-state index is 14.0. The van der Waals surface area contributed by atoms with E-state index in [0.717, 1.165) is 5.56 Å². The Labute approximate surface area is 178 Å². The van der Waals surface area contributed by atoms with Crippen LogP contribution in [0.3, 0.4) is 0 Å². The van der Waals surface area contributed by atoms with E-state index in [2.05, 4.69) is 15.1 Å². The molecule has 4 aromatic rings. The number of aryl methyl sites for hydroxylation is 2. The molecule has 31 heavy (non-hydrogen) atoms. The van der Waals surface area contributed by atoms with Gasteiger partial charge in [0.05, 0.1) is 17.8 Å². The normalized spacial score (nSPS) is 12.0. The van der Waals surface area contributed by atoms with Gasteiger partial charge >= 0.3 is 0 Å². The fraction of sp³-hybridized carbons (Fsp3) is 0.318. The summed E-state index contributed by atoms with van der Waals surface area (Å²) in [4.78, 5) is 9.03. The first-order valence-corrected chi connectivity index (χ1v) is 9.86. The predicted molar refractivity (Wildman–Crippen MR) is 113 cm³/mol. The van der Waals surface area contributed by atoms with Crippen molar-refractivity contribution in [3.63, 3.8) is 0 Å². The van der Waals surface area contributed by atoms with Gasteiger partial charge in [-0.2, -0.15) is 0 Å². The third-order valence-corrected chi connectivity index (χ3v) is 4.75. The molecule has 9 heteroatoms. The maximum absolute atomic E-state index is 14.0. The largest absolute Gasteiger partial charge is 0.485 e. The molecule has 2 N–H and O–H groups in total. The van der Waals surface area contributed by atoms with Crippen molar-refractivity contribution in [3.05, 3.63) is 65.2 Å². The molecule has 7 nitrogen and oxygen atoms in total. The van der Waals surface area contributed by atoms with Crippen molar-refractivity contribution < 1.29 is 13.5 Å². The Morgan fingerprint density at radius 3 is 2.55 bits per heavy atom. The Balaban J connectivity index is 1.72. The first-order chi connectivity index (χ1) is 14.6. The standard InChI is InChI=1S/C22H24F2N6O/c1-13-8-18(31-10-15-16(23)6-5-7-17(15)24)21-27-14(2)19(30(21)9-13)20-26-12-29(28-20)11-22(3,4)25/h5-9,12H,10-11,25H2,1-4H3. The van der Waals surface area contributed by atoms with Gasteiger partial charge in [0, 0.05) is 11.7 Å². The molecule has 0 aliphatic heterocycles. The van der Waals surface area contributed by atoms with Crippen molar-refractivity contribution >= 4 is 5.65 Å². The molecule has 0 atom stereocenters. The zero-order valence-electron chi connectivity index (χ0n) is 17.9. The average molecular weight is 426 g/mol.